The maximum absolute atomic E-state index is 12.9. The van der Waals surface area contributed by atoms with Crippen molar-refractivity contribution in [2.45, 2.75) is 46.6 Å². The van der Waals surface area contributed by atoms with Crippen molar-refractivity contribution in [1.29, 1.82) is 0 Å². The quantitative estimate of drug-likeness (QED) is 0.829. The number of fused-ring (bicyclic) bond motifs is 1. The summed E-state index contributed by atoms with van der Waals surface area (Å²) in [6.07, 6.45) is 5.07. The Morgan fingerprint density at radius 2 is 2.00 bits per heavy atom. The van der Waals surface area contributed by atoms with Crippen LogP contribution in [-0.4, -0.2) is 34.2 Å². The molecule has 28 heavy (non-hydrogen) atoms. The van der Waals surface area contributed by atoms with Crippen molar-refractivity contribution in [2.75, 3.05) is 11.4 Å². The SMILES string of the molecule is Cc1nn(C)c(C)c1/C=C/C(=O)N1CCCc2c(C(=O)NC(C)C)cccc21. The van der Waals surface area contributed by atoms with E-state index >= 15 is 0 Å². The number of benzene rings is 1. The molecule has 6 nitrogen and oxygen atoms in total. The summed E-state index contributed by atoms with van der Waals surface area (Å²) in [5.74, 6) is -0.164. The standard InChI is InChI=1S/C22H28N4O2/c1-14(2)23-22(28)19-8-6-10-20-18(19)9-7-13-26(20)21(27)12-11-17-15(3)24-25(5)16(17)4/h6,8,10-12,14H,7,9,13H2,1-5H3,(H,23,28)/b12-11+. The van der Waals surface area contributed by atoms with Crippen LogP contribution in [0, 0.1) is 13.8 Å². The number of rotatable bonds is 4. The predicted molar refractivity (Wildman–Crippen MR) is 111 cm³/mol. The van der Waals surface area contributed by atoms with E-state index in [9.17, 15) is 9.59 Å². The third-order valence-corrected chi connectivity index (χ3v) is 5.14. The van der Waals surface area contributed by atoms with E-state index < -0.39 is 0 Å². The van der Waals surface area contributed by atoms with Gasteiger partial charge in [0.15, 0.2) is 0 Å². The van der Waals surface area contributed by atoms with Gasteiger partial charge in [0.1, 0.15) is 0 Å². The molecular weight excluding hydrogens is 352 g/mol. The van der Waals surface area contributed by atoms with Gasteiger partial charge in [0.05, 0.1) is 5.69 Å². The first-order valence-electron chi connectivity index (χ1n) is 9.72. The number of carbonyl (C=O) groups excluding carboxylic acids is 2. The molecule has 0 aliphatic carbocycles. The van der Waals surface area contributed by atoms with Crippen LogP contribution in [0.15, 0.2) is 24.3 Å². The first-order chi connectivity index (χ1) is 13.3. The van der Waals surface area contributed by atoms with E-state index in [1.54, 1.807) is 11.0 Å². The number of carbonyl (C=O) groups is 2. The molecule has 2 heterocycles. The molecule has 0 radical (unpaired) electrons. The van der Waals surface area contributed by atoms with Crippen molar-refractivity contribution in [3.05, 3.63) is 52.4 Å². The van der Waals surface area contributed by atoms with E-state index in [2.05, 4.69) is 10.4 Å². The van der Waals surface area contributed by atoms with Crippen LogP contribution in [0.25, 0.3) is 6.08 Å². The molecule has 2 aromatic rings. The zero-order valence-electron chi connectivity index (χ0n) is 17.2. The van der Waals surface area contributed by atoms with Gasteiger partial charge in [0, 0.05) is 48.2 Å². The second-order valence-electron chi connectivity index (χ2n) is 7.57. The van der Waals surface area contributed by atoms with Crippen LogP contribution < -0.4 is 10.2 Å². The summed E-state index contributed by atoms with van der Waals surface area (Å²) in [4.78, 5) is 27.3. The highest BCUT2D eigenvalue weighted by atomic mass is 16.2. The summed E-state index contributed by atoms with van der Waals surface area (Å²) in [5.41, 5.74) is 5.33. The average Bonchev–Trinajstić information content (AvgIpc) is 2.89. The van der Waals surface area contributed by atoms with Gasteiger partial charge in [0.25, 0.3) is 11.8 Å². The molecule has 1 N–H and O–H groups in total. The zero-order valence-corrected chi connectivity index (χ0v) is 17.2. The van der Waals surface area contributed by atoms with Crippen LogP contribution >= 0.6 is 0 Å². The van der Waals surface area contributed by atoms with Crippen molar-refractivity contribution < 1.29 is 9.59 Å². The molecule has 0 atom stereocenters. The lowest BCUT2D eigenvalue weighted by Crippen LogP contribution is -2.36. The third kappa shape index (κ3) is 3.86. The largest absolute Gasteiger partial charge is 0.350 e. The van der Waals surface area contributed by atoms with Gasteiger partial charge in [-0.25, -0.2) is 0 Å². The number of aryl methyl sites for hydroxylation is 2. The lowest BCUT2D eigenvalue weighted by Gasteiger charge is -2.30. The number of nitrogens with zero attached hydrogens (tertiary/aromatic N) is 3. The van der Waals surface area contributed by atoms with Crippen LogP contribution in [0.4, 0.5) is 5.69 Å². The van der Waals surface area contributed by atoms with Gasteiger partial charge in [0.2, 0.25) is 0 Å². The summed E-state index contributed by atoms with van der Waals surface area (Å²) >= 11 is 0. The highest BCUT2D eigenvalue weighted by molar-refractivity contribution is 6.06. The van der Waals surface area contributed by atoms with Gasteiger partial charge in [-0.15, -0.1) is 0 Å². The van der Waals surface area contributed by atoms with Gasteiger partial charge in [-0.1, -0.05) is 6.07 Å². The fourth-order valence-electron chi connectivity index (χ4n) is 3.68. The number of hydrogen-bond acceptors (Lipinski definition) is 3. The molecule has 0 saturated carbocycles. The Kier molecular flexibility index (Phi) is 5.68. The Labute approximate surface area is 166 Å². The van der Waals surface area contributed by atoms with Gasteiger partial charge in [-0.2, -0.15) is 5.10 Å². The molecule has 1 aliphatic rings. The molecule has 0 saturated heterocycles. The molecule has 0 unspecified atom stereocenters. The van der Waals surface area contributed by atoms with E-state index in [0.29, 0.717) is 12.1 Å². The van der Waals surface area contributed by atoms with Crippen LogP contribution in [0.1, 0.15) is 53.1 Å². The minimum absolute atomic E-state index is 0.0681. The number of aromatic nitrogens is 2. The average molecular weight is 380 g/mol. The Hall–Kier alpha value is -2.89. The number of anilines is 1. The summed E-state index contributed by atoms with van der Waals surface area (Å²) in [5, 5.41) is 7.34. The molecular formula is C22H28N4O2. The van der Waals surface area contributed by atoms with Crippen molar-refractivity contribution in [3.63, 3.8) is 0 Å². The predicted octanol–water partition coefficient (Wildman–Crippen LogP) is 3.17. The summed E-state index contributed by atoms with van der Waals surface area (Å²) in [7, 11) is 1.89. The fraction of sp³-hybridized carbons (Fsp3) is 0.409. The van der Waals surface area contributed by atoms with E-state index in [0.717, 1.165) is 41.0 Å². The molecule has 0 spiro atoms. The van der Waals surface area contributed by atoms with Crippen LogP contribution in [-0.2, 0) is 18.3 Å². The van der Waals surface area contributed by atoms with E-state index in [1.807, 2.05) is 63.7 Å². The minimum Gasteiger partial charge on any atom is -0.350 e. The van der Waals surface area contributed by atoms with Crippen molar-refractivity contribution in [2.24, 2.45) is 7.05 Å². The monoisotopic (exact) mass is 380 g/mol. The highest BCUT2D eigenvalue weighted by Gasteiger charge is 2.25. The topological polar surface area (TPSA) is 67.2 Å². The Morgan fingerprint density at radius 3 is 2.64 bits per heavy atom. The van der Waals surface area contributed by atoms with Gasteiger partial charge in [-0.05, 0) is 64.3 Å². The van der Waals surface area contributed by atoms with E-state index in [4.69, 9.17) is 0 Å². The number of amides is 2. The van der Waals surface area contributed by atoms with E-state index in [1.165, 1.54) is 0 Å². The normalized spacial score (nSPS) is 13.9. The maximum Gasteiger partial charge on any atom is 0.251 e. The van der Waals surface area contributed by atoms with Crippen molar-refractivity contribution in [1.82, 2.24) is 15.1 Å². The lowest BCUT2D eigenvalue weighted by atomic mass is 9.95. The van der Waals surface area contributed by atoms with Gasteiger partial charge < -0.3 is 10.2 Å². The second-order valence-corrected chi connectivity index (χ2v) is 7.57. The third-order valence-electron chi connectivity index (χ3n) is 5.14. The van der Waals surface area contributed by atoms with Crippen LogP contribution in [0.5, 0.6) is 0 Å². The molecule has 1 aromatic heterocycles. The summed E-state index contributed by atoms with van der Waals surface area (Å²) in [6, 6.07) is 5.67. The van der Waals surface area contributed by atoms with Crippen LogP contribution in [0.2, 0.25) is 0 Å². The molecule has 148 valence electrons. The molecule has 0 bridgehead atoms. The highest BCUT2D eigenvalue weighted by Crippen LogP contribution is 2.30. The maximum atomic E-state index is 12.9. The lowest BCUT2D eigenvalue weighted by molar-refractivity contribution is -0.114. The van der Waals surface area contributed by atoms with Crippen LogP contribution in [0.3, 0.4) is 0 Å². The van der Waals surface area contributed by atoms with E-state index in [-0.39, 0.29) is 17.9 Å². The molecule has 0 fully saturated rings. The molecule has 6 heteroatoms. The summed E-state index contributed by atoms with van der Waals surface area (Å²) in [6.45, 7) is 8.45. The minimum atomic E-state index is -0.0849. The smallest absolute Gasteiger partial charge is 0.251 e. The first kappa shape index (κ1) is 19.9. The Balaban J connectivity index is 1.89. The summed E-state index contributed by atoms with van der Waals surface area (Å²) < 4.78 is 1.81. The van der Waals surface area contributed by atoms with Crippen molar-refractivity contribution in [3.8, 4) is 0 Å². The van der Waals surface area contributed by atoms with Crippen molar-refractivity contribution >= 4 is 23.6 Å². The fourth-order valence-corrected chi connectivity index (χ4v) is 3.68. The molecule has 1 aliphatic heterocycles. The zero-order chi connectivity index (χ0) is 20.4. The molecule has 3 rings (SSSR count). The Morgan fingerprint density at radius 1 is 1.25 bits per heavy atom. The molecule has 2 amide bonds. The van der Waals surface area contributed by atoms with Gasteiger partial charge >= 0.3 is 0 Å². The van der Waals surface area contributed by atoms with Gasteiger partial charge in [-0.3, -0.25) is 14.3 Å². The number of nitrogens with one attached hydrogen (secondary N) is 1. The molecule has 1 aromatic carbocycles. The Bertz CT molecular complexity index is 940. The first-order valence-corrected chi connectivity index (χ1v) is 9.72. The number of hydrogen-bond donors (Lipinski definition) is 1. The second kappa shape index (κ2) is 8.00.